The molecule has 0 aromatic carbocycles. The number of rotatable bonds is 3. The smallest absolute Gasteiger partial charge is 0.252 e. The second-order valence-corrected chi connectivity index (χ2v) is 7.95. The van der Waals surface area contributed by atoms with Gasteiger partial charge in [-0.3, -0.25) is 9.59 Å². The highest BCUT2D eigenvalue weighted by molar-refractivity contribution is 8.02. The van der Waals surface area contributed by atoms with Gasteiger partial charge < -0.3 is 15.4 Å². The van der Waals surface area contributed by atoms with Crippen molar-refractivity contribution in [3.05, 3.63) is 22.0 Å². The van der Waals surface area contributed by atoms with Crippen molar-refractivity contribution < 1.29 is 9.90 Å². The molecule has 0 radical (unpaired) electrons. The summed E-state index contributed by atoms with van der Waals surface area (Å²) in [4.78, 5) is 25.8. The van der Waals surface area contributed by atoms with Crippen LogP contribution in [0.25, 0.3) is 10.2 Å². The summed E-state index contributed by atoms with van der Waals surface area (Å²) in [5.41, 5.74) is -0.196. The Morgan fingerprint density at radius 2 is 2.23 bits per heavy atom. The molecule has 0 aliphatic carbocycles. The maximum atomic E-state index is 11.9. The number of nitriles is 1. The van der Waals surface area contributed by atoms with Crippen molar-refractivity contribution in [3.63, 3.8) is 0 Å². The normalized spacial score (nSPS) is 11.4. The first kappa shape index (κ1) is 16.4. The number of pyridine rings is 1. The molecule has 0 spiro atoms. The topological polar surface area (TPSA) is 106 Å². The third-order valence-corrected chi connectivity index (χ3v) is 5.07. The molecule has 8 heteroatoms. The number of carbonyl (C=O) groups excluding carboxylic acids is 1. The minimum Gasteiger partial charge on any atom is -0.506 e. The van der Waals surface area contributed by atoms with E-state index in [4.69, 9.17) is 0 Å². The number of fused-ring (bicyclic) bond motifs is 1. The summed E-state index contributed by atoms with van der Waals surface area (Å²) in [5, 5.41) is 21.9. The molecule has 2 heterocycles. The first-order chi connectivity index (χ1) is 10.2. The average molecular weight is 337 g/mol. The van der Waals surface area contributed by atoms with E-state index >= 15 is 0 Å². The zero-order valence-electron chi connectivity index (χ0n) is 12.3. The van der Waals surface area contributed by atoms with Crippen LogP contribution in [-0.2, 0) is 4.79 Å². The van der Waals surface area contributed by atoms with Crippen LogP contribution in [0.2, 0.25) is 0 Å². The summed E-state index contributed by atoms with van der Waals surface area (Å²) in [6, 6.07) is 3.09. The third-order valence-electron chi connectivity index (χ3n) is 2.59. The monoisotopic (exact) mass is 337 g/mol. The Morgan fingerprint density at radius 1 is 1.55 bits per heavy atom. The van der Waals surface area contributed by atoms with Gasteiger partial charge >= 0.3 is 0 Å². The number of aromatic hydroxyl groups is 1. The lowest BCUT2D eigenvalue weighted by Crippen LogP contribution is -2.41. The molecule has 0 bridgehead atoms. The Bertz CT molecular complexity index is 825. The molecule has 0 fully saturated rings. The number of hydrogen-bond donors (Lipinski definition) is 3. The molecule has 0 unspecified atom stereocenters. The lowest BCUT2D eigenvalue weighted by Gasteiger charge is -2.20. The fourth-order valence-corrected chi connectivity index (χ4v) is 3.99. The molecule has 0 saturated carbocycles. The minimum atomic E-state index is -0.471. The van der Waals surface area contributed by atoms with E-state index in [-0.39, 0.29) is 28.5 Å². The van der Waals surface area contributed by atoms with Gasteiger partial charge in [-0.2, -0.15) is 5.26 Å². The minimum absolute atomic E-state index is 0.142. The van der Waals surface area contributed by atoms with Crippen molar-refractivity contribution >= 4 is 39.2 Å². The maximum Gasteiger partial charge on any atom is 0.252 e. The van der Waals surface area contributed by atoms with E-state index in [0.717, 1.165) is 6.07 Å². The Hall–Kier alpha value is -1.98. The average Bonchev–Trinajstić information content (AvgIpc) is 2.72. The number of thioether (sulfide) groups is 1. The van der Waals surface area contributed by atoms with Gasteiger partial charge in [0.25, 0.3) is 5.56 Å². The summed E-state index contributed by atoms with van der Waals surface area (Å²) in [6.45, 7) is 5.66. The molecule has 0 atom stereocenters. The van der Waals surface area contributed by atoms with Crippen LogP contribution in [0.3, 0.4) is 0 Å². The quantitative estimate of drug-likeness (QED) is 0.744. The van der Waals surface area contributed by atoms with Gasteiger partial charge in [0.1, 0.15) is 17.4 Å². The Kier molecular flexibility index (Phi) is 4.49. The van der Waals surface area contributed by atoms with Crippen LogP contribution in [0.1, 0.15) is 26.3 Å². The standard InChI is InChI=1S/C14H15N3O3S2/c1-14(2,3)17-10(20)6-21-13-7(5-15)11-12(22-13)8(18)4-9(19)16-11/h4H,6H2,1-3H3,(H,17,20)(H2,16,18,19). The molecule has 2 aromatic heterocycles. The number of thiophene rings is 1. The number of aromatic amines is 1. The van der Waals surface area contributed by atoms with Crippen LogP contribution >= 0.6 is 23.1 Å². The van der Waals surface area contributed by atoms with Gasteiger partial charge in [-0.25, -0.2) is 0 Å². The number of nitrogens with one attached hydrogen (secondary N) is 2. The number of nitrogens with zero attached hydrogens (tertiary/aromatic N) is 1. The molecule has 1 amide bonds. The number of hydrogen-bond acceptors (Lipinski definition) is 6. The highest BCUT2D eigenvalue weighted by Gasteiger charge is 2.19. The van der Waals surface area contributed by atoms with Crippen LogP contribution < -0.4 is 10.9 Å². The second kappa shape index (κ2) is 6.02. The van der Waals surface area contributed by atoms with Gasteiger partial charge in [-0.05, 0) is 20.8 Å². The van der Waals surface area contributed by atoms with Gasteiger partial charge in [0.15, 0.2) is 0 Å². The molecule has 0 saturated heterocycles. The first-order valence-electron chi connectivity index (χ1n) is 6.44. The van der Waals surface area contributed by atoms with Crippen molar-refractivity contribution in [2.24, 2.45) is 0 Å². The summed E-state index contributed by atoms with van der Waals surface area (Å²) in [7, 11) is 0. The summed E-state index contributed by atoms with van der Waals surface area (Å²) < 4.78 is 1.04. The summed E-state index contributed by atoms with van der Waals surface area (Å²) >= 11 is 2.40. The highest BCUT2D eigenvalue weighted by atomic mass is 32.2. The van der Waals surface area contributed by atoms with Crippen molar-refractivity contribution in [2.75, 3.05) is 5.75 Å². The lowest BCUT2D eigenvalue weighted by molar-refractivity contribution is -0.119. The molecular weight excluding hydrogens is 322 g/mol. The van der Waals surface area contributed by atoms with E-state index in [1.165, 1.54) is 23.1 Å². The molecule has 3 N–H and O–H groups in total. The van der Waals surface area contributed by atoms with Crippen molar-refractivity contribution in [3.8, 4) is 11.8 Å². The largest absolute Gasteiger partial charge is 0.506 e. The predicted molar refractivity (Wildman–Crippen MR) is 87.4 cm³/mol. The molecule has 116 valence electrons. The van der Waals surface area contributed by atoms with E-state index in [1.54, 1.807) is 0 Å². The zero-order valence-corrected chi connectivity index (χ0v) is 13.9. The summed E-state index contributed by atoms with van der Waals surface area (Å²) in [6.07, 6.45) is 0. The SMILES string of the molecule is CC(C)(C)NC(=O)CSc1sc2c(O)cc(=O)[nH]c2c1C#N. The van der Waals surface area contributed by atoms with E-state index in [1.807, 2.05) is 26.8 Å². The molecule has 2 aromatic rings. The van der Waals surface area contributed by atoms with E-state index in [2.05, 4.69) is 10.3 Å². The molecular formula is C14H15N3O3S2. The van der Waals surface area contributed by atoms with Gasteiger partial charge in [0.05, 0.1) is 20.2 Å². The Morgan fingerprint density at radius 3 is 2.82 bits per heavy atom. The number of H-pyrrole nitrogens is 1. The van der Waals surface area contributed by atoms with Crippen molar-refractivity contribution in [1.82, 2.24) is 10.3 Å². The molecule has 2 rings (SSSR count). The third kappa shape index (κ3) is 3.61. The zero-order chi connectivity index (χ0) is 16.5. The van der Waals surface area contributed by atoms with E-state index in [0.29, 0.717) is 14.4 Å². The van der Waals surface area contributed by atoms with E-state index < -0.39 is 5.56 Å². The molecule has 0 aliphatic heterocycles. The summed E-state index contributed by atoms with van der Waals surface area (Å²) in [5.74, 6) is -0.146. The Balaban J connectivity index is 2.29. The number of carbonyl (C=O) groups is 1. The predicted octanol–water partition coefficient (Wildman–Crippen LogP) is 2.17. The van der Waals surface area contributed by atoms with Crippen LogP contribution in [0.5, 0.6) is 5.75 Å². The van der Waals surface area contributed by atoms with Crippen LogP contribution in [0.4, 0.5) is 0 Å². The van der Waals surface area contributed by atoms with Crippen LogP contribution in [0.15, 0.2) is 15.1 Å². The highest BCUT2D eigenvalue weighted by Crippen LogP contribution is 2.39. The maximum absolute atomic E-state index is 11.9. The van der Waals surface area contributed by atoms with Crippen molar-refractivity contribution in [2.45, 2.75) is 30.5 Å². The first-order valence-corrected chi connectivity index (χ1v) is 8.24. The second-order valence-electron chi connectivity index (χ2n) is 5.69. The van der Waals surface area contributed by atoms with Gasteiger partial charge in [-0.15, -0.1) is 23.1 Å². The fourth-order valence-electron chi connectivity index (χ4n) is 1.85. The molecule has 6 nitrogen and oxygen atoms in total. The van der Waals surface area contributed by atoms with Gasteiger partial charge in [0.2, 0.25) is 5.91 Å². The lowest BCUT2D eigenvalue weighted by atomic mass is 10.1. The fraction of sp³-hybridized carbons (Fsp3) is 0.357. The number of amides is 1. The number of aromatic nitrogens is 1. The van der Waals surface area contributed by atoms with Crippen LogP contribution in [0, 0.1) is 11.3 Å². The van der Waals surface area contributed by atoms with E-state index in [9.17, 15) is 20.0 Å². The van der Waals surface area contributed by atoms with Crippen molar-refractivity contribution in [1.29, 1.82) is 5.26 Å². The van der Waals surface area contributed by atoms with Crippen LogP contribution in [-0.4, -0.2) is 27.3 Å². The molecule has 22 heavy (non-hydrogen) atoms. The Labute approximate surface area is 135 Å². The molecule has 0 aliphatic rings. The van der Waals surface area contributed by atoms with Gasteiger partial charge in [0, 0.05) is 11.6 Å². The van der Waals surface area contributed by atoms with Gasteiger partial charge in [-0.1, -0.05) is 0 Å².